The molecule has 4 nitrogen and oxygen atoms in total. The van der Waals surface area contributed by atoms with Crippen LogP contribution >= 0.6 is 34.8 Å². The van der Waals surface area contributed by atoms with Gasteiger partial charge in [0.15, 0.2) is 5.82 Å². The summed E-state index contributed by atoms with van der Waals surface area (Å²) >= 11 is 17.5. The highest BCUT2D eigenvalue weighted by molar-refractivity contribution is 6.35. The lowest BCUT2D eigenvalue weighted by Crippen LogP contribution is -2.30. The first-order valence-electron chi connectivity index (χ1n) is 5.72. The van der Waals surface area contributed by atoms with Gasteiger partial charge in [-0.05, 0) is 17.7 Å². The van der Waals surface area contributed by atoms with Crippen molar-refractivity contribution in [3.8, 4) is 0 Å². The van der Waals surface area contributed by atoms with E-state index >= 15 is 0 Å². The number of hydrogen-bond donors (Lipinski definition) is 1. The van der Waals surface area contributed by atoms with Gasteiger partial charge in [0.25, 0.3) is 0 Å². The first-order chi connectivity index (χ1) is 10.2. The zero-order chi connectivity index (χ0) is 16.5. The fraction of sp³-hybridized carbons (Fsp3) is 0.167. The Labute approximate surface area is 137 Å². The Morgan fingerprint density at radius 3 is 2.50 bits per heavy atom. The number of nitrogens with one attached hydrogen (secondary N) is 1. The normalized spacial score (nSPS) is 11.5. The zero-order valence-corrected chi connectivity index (χ0v) is 12.9. The minimum absolute atomic E-state index is 0.123. The van der Waals surface area contributed by atoms with Gasteiger partial charge < -0.3 is 5.32 Å². The number of halogens is 6. The van der Waals surface area contributed by atoms with Crippen molar-refractivity contribution in [2.45, 2.75) is 12.7 Å². The van der Waals surface area contributed by atoms with Crippen molar-refractivity contribution < 1.29 is 18.0 Å². The number of rotatable bonds is 3. The molecular weight excluding hydrogens is 366 g/mol. The van der Waals surface area contributed by atoms with E-state index < -0.39 is 12.1 Å². The van der Waals surface area contributed by atoms with Crippen LogP contribution < -0.4 is 5.32 Å². The van der Waals surface area contributed by atoms with Crippen LogP contribution in [0.15, 0.2) is 24.4 Å². The number of amides is 1. The van der Waals surface area contributed by atoms with Crippen LogP contribution in [0.2, 0.25) is 15.1 Å². The van der Waals surface area contributed by atoms with Gasteiger partial charge in [0.1, 0.15) is 5.02 Å². The Balaban J connectivity index is 2.17. The predicted octanol–water partition coefficient (Wildman–Crippen LogP) is 4.39. The van der Waals surface area contributed by atoms with E-state index in [1.807, 2.05) is 0 Å². The summed E-state index contributed by atoms with van der Waals surface area (Å²) in [5, 5.41) is 6.08. The Morgan fingerprint density at radius 2 is 1.91 bits per heavy atom. The molecule has 118 valence electrons. The first kappa shape index (κ1) is 16.9. The molecule has 0 radical (unpaired) electrons. The van der Waals surface area contributed by atoms with Crippen LogP contribution in [-0.4, -0.2) is 21.9 Å². The van der Waals surface area contributed by atoms with Crippen LogP contribution in [0.1, 0.15) is 5.56 Å². The predicted molar refractivity (Wildman–Crippen MR) is 77.5 cm³/mol. The quantitative estimate of drug-likeness (QED) is 0.868. The molecule has 10 heteroatoms. The van der Waals surface area contributed by atoms with E-state index in [9.17, 15) is 18.0 Å². The number of benzene rings is 1. The lowest BCUT2D eigenvalue weighted by molar-refractivity contribution is -0.167. The molecule has 2 rings (SSSR count). The second kappa shape index (κ2) is 6.36. The van der Waals surface area contributed by atoms with Gasteiger partial charge >= 0.3 is 12.1 Å². The molecule has 0 unspecified atom stereocenters. The van der Waals surface area contributed by atoms with Crippen molar-refractivity contribution in [2.75, 3.05) is 5.32 Å². The van der Waals surface area contributed by atoms with E-state index in [1.165, 1.54) is 16.9 Å². The Morgan fingerprint density at radius 1 is 1.23 bits per heavy atom. The second-order valence-electron chi connectivity index (χ2n) is 4.21. The first-order valence-corrected chi connectivity index (χ1v) is 6.85. The maximum Gasteiger partial charge on any atom is 0.471 e. The topological polar surface area (TPSA) is 46.9 Å². The largest absolute Gasteiger partial charge is 0.471 e. The molecule has 0 aliphatic carbocycles. The molecule has 1 heterocycles. The minimum atomic E-state index is -5.02. The van der Waals surface area contributed by atoms with Gasteiger partial charge in [0, 0.05) is 16.2 Å². The van der Waals surface area contributed by atoms with Crippen molar-refractivity contribution >= 4 is 46.5 Å². The van der Waals surface area contributed by atoms with Crippen LogP contribution in [0.3, 0.4) is 0 Å². The van der Waals surface area contributed by atoms with Crippen molar-refractivity contribution in [1.29, 1.82) is 0 Å². The van der Waals surface area contributed by atoms with Crippen LogP contribution in [0, 0.1) is 0 Å². The molecular formula is C12H7Cl3F3N3O. The molecule has 0 saturated carbocycles. The number of anilines is 1. The molecule has 1 aromatic heterocycles. The Hall–Kier alpha value is -1.44. The van der Waals surface area contributed by atoms with Gasteiger partial charge in [-0.15, -0.1) is 0 Å². The molecule has 0 atom stereocenters. The molecule has 0 spiro atoms. The van der Waals surface area contributed by atoms with E-state index in [-0.39, 0.29) is 17.4 Å². The summed E-state index contributed by atoms with van der Waals surface area (Å²) in [5.41, 5.74) is 0.638. The van der Waals surface area contributed by atoms with E-state index in [0.29, 0.717) is 15.6 Å². The molecule has 0 fully saturated rings. The van der Waals surface area contributed by atoms with E-state index in [2.05, 4.69) is 5.10 Å². The molecule has 1 aromatic carbocycles. The summed E-state index contributed by atoms with van der Waals surface area (Å²) in [7, 11) is 0. The number of carbonyl (C=O) groups is 1. The van der Waals surface area contributed by atoms with Crippen molar-refractivity contribution in [3.05, 3.63) is 45.0 Å². The molecule has 0 bridgehead atoms. The molecule has 0 aliphatic rings. The number of alkyl halides is 3. The average Bonchev–Trinajstić information content (AvgIpc) is 2.72. The molecule has 0 aliphatic heterocycles. The molecule has 22 heavy (non-hydrogen) atoms. The smallest absolute Gasteiger partial charge is 0.300 e. The maximum atomic E-state index is 12.2. The van der Waals surface area contributed by atoms with Gasteiger partial charge in [0.05, 0.1) is 6.54 Å². The van der Waals surface area contributed by atoms with E-state index in [0.717, 1.165) is 0 Å². The number of carbonyl (C=O) groups excluding carboxylic acids is 1. The lowest BCUT2D eigenvalue weighted by atomic mass is 10.2. The van der Waals surface area contributed by atoms with E-state index in [1.54, 1.807) is 17.4 Å². The third-order valence-corrected chi connectivity index (χ3v) is 3.42. The SMILES string of the molecule is O=C(Nc1nn(Cc2ccc(Cl)cc2Cl)cc1Cl)C(F)(F)F. The van der Waals surface area contributed by atoms with Crippen LogP contribution in [0.5, 0.6) is 0 Å². The molecule has 2 aromatic rings. The Kier molecular flexibility index (Phi) is 4.89. The standard InChI is InChI=1S/C12H7Cl3F3N3O/c13-7-2-1-6(8(14)3-7)4-21-5-9(15)10(20-21)19-11(22)12(16,17)18/h1-3,5H,4H2,(H,19,20,22). The highest BCUT2D eigenvalue weighted by Gasteiger charge is 2.39. The van der Waals surface area contributed by atoms with Crippen LogP contribution in [-0.2, 0) is 11.3 Å². The second-order valence-corrected chi connectivity index (χ2v) is 5.46. The van der Waals surface area contributed by atoms with Crippen molar-refractivity contribution in [3.63, 3.8) is 0 Å². The van der Waals surface area contributed by atoms with E-state index in [4.69, 9.17) is 34.8 Å². The summed E-state index contributed by atoms with van der Waals surface area (Å²) in [4.78, 5) is 10.9. The zero-order valence-electron chi connectivity index (χ0n) is 10.6. The number of nitrogens with zero attached hydrogens (tertiary/aromatic N) is 2. The summed E-state index contributed by atoms with van der Waals surface area (Å²) in [6.07, 6.45) is -3.74. The fourth-order valence-electron chi connectivity index (χ4n) is 1.57. The van der Waals surface area contributed by atoms with Gasteiger partial charge in [-0.25, -0.2) is 0 Å². The average molecular weight is 373 g/mol. The summed E-state index contributed by atoms with van der Waals surface area (Å²) in [6, 6.07) is 4.78. The van der Waals surface area contributed by atoms with Gasteiger partial charge in [-0.2, -0.15) is 18.3 Å². The molecule has 1 amide bonds. The van der Waals surface area contributed by atoms with Gasteiger partial charge in [-0.3, -0.25) is 9.48 Å². The third-order valence-electron chi connectivity index (χ3n) is 2.55. The number of hydrogen-bond acceptors (Lipinski definition) is 2. The van der Waals surface area contributed by atoms with Crippen LogP contribution in [0.4, 0.5) is 19.0 Å². The summed E-state index contributed by atoms with van der Waals surface area (Å²) < 4.78 is 37.8. The van der Waals surface area contributed by atoms with Crippen molar-refractivity contribution in [1.82, 2.24) is 9.78 Å². The van der Waals surface area contributed by atoms with Gasteiger partial charge in [-0.1, -0.05) is 40.9 Å². The molecule has 0 saturated heterocycles. The summed E-state index contributed by atoms with van der Waals surface area (Å²) in [6.45, 7) is 0.150. The lowest BCUT2D eigenvalue weighted by Gasteiger charge is -2.06. The summed E-state index contributed by atoms with van der Waals surface area (Å²) in [5.74, 6) is -2.53. The third kappa shape index (κ3) is 4.06. The minimum Gasteiger partial charge on any atom is -0.300 e. The van der Waals surface area contributed by atoms with Crippen LogP contribution in [0.25, 0.3) is 0 Å². The molecule has 1 N–H and O–H groups in total. The Bertz CT molecular complexity index is 715. The highest BCUT2D eigenvalue weighted by atomic mass is 35.5. The van der Waals surface area contributed by atoms with Gasteiger partial charge in [0.2, 0.25) is 0 Å². The monoisotopic (exact) mass is 371 g/mol. The van der Waals surface area contributed by atoms with Crippen molar-refractivity contribution in [2.24, 2.45) is 0 Å². The number of aromatic nitrogens is 2. The fourth-order valence-corrected chi connectivity index (χ4v) is 2.23. The maximum absolute atomic E-state index is 12.2. The highest BCUT2D eigenvalue weighted by Crippen LogP contribution is 2.25.